The second-order valence-electron chi connectivity index (χ2n) is 4.36. The predicted octanol–water partition coefficient (Wildman–Crippen LogP) is 0.853. The Bertz CT molecular complexity index is 479. The first-order chi connectivity index (χ1) is 8.08. The lowest BCUT2D eigenvalue weighted by Crippen LogP contribution is -2.28. The predicted molar refractivity (Wildman–Crippen MR) is 62.1 cm³/mol. The van der Waals surface area contributed by atoms with Crippen molar-refractivity contribution < 1.29 is 9.90 Å². The maximum absolute atomic E-state index is 12.0. The lowest BCUT2D eigenvalue weighted by Gasteiger charge is -2.12. The summed E-state index contributed by atoms with van der Waals surface area (Å²) >= 11 is 0. The molecule has 0 spiro atoms. The first kappa shape index (κ1) is 11.6. The van der Waals surface area contributed by atoms with Crippen molar-refractivity contribution >= 4 is 11.8 Å². The fourth-order valence-corrected chi connectivity index (χ4v) is 1.71. The van der Waals surface area contributed by atoms with Crippen LogP contribution in [-0.2, 0) is 4.79 Å². The minimum absolute atomic E-state index is 0.0422. The molecule has 1 heterocycles. The van der Waals surface area contributed by atoms with Gasteiger partial charge in [-0.1, -0.05) is 0 Å². The molecule has 2 N–H and O–H groups in total. The molecule has 1 aromatic rings. The minimum atomic E-state index is -0.900. The first-order valence-electron chi connectivity index (χ1n) is 5.63. The summed E-state index contributed by atoms with van der Waals surface area (Å²) in [6.45, 7) is 1.71. The summed E-state index contributed by atoms with van der Waals surface area (Å²) in [5.41, 5.74) is -0.174. The number of aromatic nitrogens is 2. The Hall–Kier alpha value is -1.85. The van der Waals surface area contributed by atoms with E-state index >= 15 is 0 Å². The fraction of sp³-hybridized carbons (Fsp3) is 0.545. The van der Waals surface area contributed by atoms with Gasteiger partial charge in [-0.05, 0) is 19.8 Å². The van der Waals surface area contributed by atoms with E-state index in [-0.39, 0.29) is 23.8 Å². The zero-order chi connectivity index (χ0) is 12.4. The van der Waals surface area contributed by atoms with E-state index in [0.29, 0.717) is 6.04 Å². The second-order valence-corrected chi connectivity index (χ2v) is 4.36. The van der Waals surface area contributed by atoms with Crippen LogP contribution in [0.15, 0.2) is 17.2 Å². The normalized spacial score (nSPS) is 16.5. The van der Waals surface area contributed by atoms with Crippen LogP contribution in [0.3, 0.4) is 0 Å². The van der Waals surface area contributed by atoms with Crippen LogP contribution in [0.4, 0.5) is 5.82 Å². The molecule has 2 rings (SSSR count). The summed E-state index contributed by atoms with van der Waals surface area (Å²) in [6, 6.07) is -0.0245. The molecule has 0 radical (unpaired) electrons. The Morgan fingerprint density at radius 2 is 2.41 bits per heavy atom. The number of carboxylic acids is 1. The summed E-state index contributed by atoms with van der Waals surface area (Å²) in [4.78, 5) is 26.4. The standard InChI is InChI=1S/C11H15N3O3/c1-7(6-9(15)16)13-10-11(17)14(5-4-12-10)8-2-3-8/h4-5,7-8H,2-3,6H2,1H3,(H,12,13)(H,15,16). The van der Waals surface area contributed by atoms with E-state index in [1.807, 2.05) is 0 Å². The molecule has 1 unspecified atom stereocenters. The number of aliphatic carboxylic acids is 1. The van der Waals surface area contributed by atoms with Crippen LogP contribution in [0, 0.1) is 0 Å². The van der Waals surface area contributed by atoms with Gasteiger partial charge in [0, 0.05) is 24.5 Å². The molecule has 1 fully saturated rings. The minimum Gasteiger partial charge on any atom is -0.481 e. The van der Waals surface area contributed by atoms with Crippen LogP contribution in [0.5, 0.6) is 0 Å². The van der Waals surface area contributed by atoms with Crippen molar-refractivity contribution in [1.82, 2.24) is 9.55 Å². The SMILES string of the molecule is CC(CC(=O)O)Nc1nccn(C2CC2)c1=O. The third kappa shape index (κ3) is 2.83. The maximum atomic E-state index is 12.0. The molecule has 0 aromatic carbocycles. The van der Waals surface area contributed by atoms with Crippen molar-refractivity contribution in [3.63, 3.8) is 0 Å². The summed E-state index contributed by atoms with van der Waals surface area (Å²) in [5, 5.41) is 11.5. The molecule has 0 saturated heterocycles. The van der Waals surface area contributed by atoms with Gasteiger partial charge in [-0.2, -0.15) is 0 Å². The van der Waals surface area contributed by atoms with Gasteiger partial charge in [-0.25, -0.2) is 4.98 Å². The number of nitrogens with one attached hydrogen (secondary N) is 1. The Kier molecular flexibility index (Phi) is 3.12. The van der Waals surface area contributed by atoms with E-state index in [2.05, 4.69) is 10.3 Å². The molecule has 0 amide bonds. The van der Waals surface area contributed by atoms with Gasteiger partial charge in [0.2, 0.25) is 0 Å². The van der Waals surface area contributed by atoms with E-state index < -0.39 is 5.97 Å². The highest BCUT2D eigenvalue weighted by Gasteiger charge is 2.25. The van der Waals surface area contributed by atoms with Gasteiger partial charge >= 0.3 is 5.97 Å². The summed E-state index contributed by atoms with van der Waals surface area (Å²) in [5.74, 6) is -0.670. The van der Waals surface area contributed by atoms with E-state index in [1.54, 1.807) is 23.9 Å². The molecule has 0 aliphatic heterocycles. The molecule has 17 heavy (non-hydrogen) atoms. The quantitative estimate of drug-likeness (QED) is 0.793. The molecule has 6 heteroatoms. The van der Waals surface area contributed by atoms with Crippen molar-refractivity contribution in [2.24, 2.45) is 0 Å². The van der Waals surface area contributed by atoms with Crippen LogP contribution in [0.2, 0.25) is 0 Å². The number of hydrogen-bond acceptors (Lipinski definition) is 4. The van der Waals surface area contributed by atoms with Crippen molar-refractivity contribution in [3.05, 3.63) is 22.7 Å². The van der Waals surface area contributed by atoms with Gasteiger partial charge < -0.3 is 15.0 Å². The van der Waals surface area contributed by atoms with Crippen LogP contribution in [0.25, 0.3) is 0 Å². The third-order valence-electron chi connectivity index (χ3n) is 2.67. The molecule has 1 atom stereocenters. The zero-order valence-electron chi connectivity index (χ0n) is 9.59. The Morgan fingerprint density at radius 3 is 3.00 bits per heavy atom. The Balaban J connectivity index is 2.13. The van der Waals surface area contributed by atoms with Crippen molar-refractivity contribution in [2.45, 2.75) is 38.3 Å². The van der Waals surface area contributed by atoms with Crippen LogP contribution in [-0.4, -0.2) is 26.7 Å². The molecule has 0 bridgehead atoms. The highest BCUT2D eigenvalue weighted by Crippen LogP contribution is 2.33. The van der Waals surface area contributed by atoms with Gasteiger partial charge in [0.15, 0.2) is 5.82 Å². The number of anilines is 1. The number of carbonyl (C=O) groups is 1. The number of nitrogens with zero attached hydrogens (tertiary/aromatic N) is 2. The average Bonchev–Trinajstić information content (AvgIpc) is 3.03. The van der Waals surface area contributed by atoms with Gasteiger partial charge in [0.1, 0.15) is 0 Å². The maximum Gasteiger partial charge on any atom is 0.305 e. The van der Waals surface area contributed by atoms with Gasteiger partial charge in [-0.3, -0.25) is 9.59 Å². The highest BCUT2D eigenvalue weighted by atomic mass is 16.4. The molecule has 6 nitrogen and oxygen atoms in total. The first-order valence-corrected chi connectivity index (χ1v) is 5.63. The van der Waals surface area contributed by atoms with Gasteiger partial charge in [0.05, 0.1) is 6.42 Å². The average molecular weight is 237 g/mol. The molecule has 1 saturated carbocycles. The van der Waals surface area contributed by atoms with Crippen LogP contribution in [0.1, 0.15) is 32.2 Å². The Labute approximate surface area is 98.3 Å². The fourth-order valence-electron chi connectivity index (χ4n) is 1.71. The topological polar surface area (TPSA) is 84.2 Å². The molecular formula is C11H15N3O3. The molecule has 1 aliphatic carbocycles. The largest absolute Gasteiger partial charge is 0.481 e. The van der Waals surface area contributed by atoms with Crippen LogP contribution >= 0.6 is 0 Å². The number of carboxylic acid groups (broad SMARTS) is 1. The third-order valence-corrected chi connectivity index (χ3v) is 2.67. The van der Waals surface area contributed by atoms with E-state index in [4.69, 9.17) is 5.11 Å². The smallest absolute Gasteiger partial charge is 0.305 e. The molecule has 1 aromatic heterocycles. The van der Waals surface area contributed by atoms with Crippen molar-refractivity contribution in [3.8, 4) is 0 Å². The summed E-state index contributed by atoms with van der Waals surface area (Å²) in [7, 11) is 0. The van der Waals surface area contributed by atoms with Crippen molar-refractivity contribution in [1.29, 1.82) is 0 Å². The molecule has 1 aliphatic rings. The molecule has 92 valence electrons. The van der Waals surface area contributed by atoms with Gasteiger partial charge in [0.25, 0.3) is 5.56 Å². The number of rotatable bonds is 5. The highest BCUT2D eigenvalue weighted by molar-refractivity contribution is 5.68. The van der Waals surface area contributed by atoms with Crippen LogP contribution < -0.4 is 10.9 Å². The second kappa shape index (κ2) is 4.57. The molecular weight excluding hydrogens is 222 g/mol. The van der Waals surface area contributed by atoms with E-state index in [9.17, 15) is 9.59 Å². The van der Waals surface area contributed by atoms with Gasteiger partial charge in [-0.15, -0.1) is 0 Å². The van der Waals surface area contributed by atoms with Crippen molar-refractivity contribution in [2.75, 3.05) is 5.32 Å². The summed E-state index contributed by atoms with van der Waals surface area (Å²) in [6.07, 6.45) is 5.24. The number of hydrogen-bond donors (Lipinski definition) is 2. The monoisotopic (exact) mass is 237 g/mol. The lowest BCUT2D eigenvalue weighted by molar-refractivity contribution is -0.137. The zero-order valence-corrected chi connectivity index (χ0v) is 9.59. The Morgan fingerprint density at radius 1 is 1.71 bits per heavy atom. The summed E-state index contributed by atoms with van der Waals surface area (Å²) < 4.78 is 1.66. The van der Waals surface area contributed by atoms with E-state index in [0.717, 1.165) is 12.8 Å². The van der Waals surface area contributed by atoms with E-state index in [1.165, 1.54) is 0 Å². The lowest BCUT2D eigenvalue weighted by atomic mass is 10.2.